The zero-order valence-electron chi connectivity index (χ0n) is 17.7. The third-order valence-corrected chi connectivity index (χ3v) is 3.53. The fourth-order valence-corrected chi connectivity index (χ4v) is 2.47. The normalized spacial score (nSPS) is 11.7. The Kier molecular flexibility index (Phi) is 8.91. The molecule has 7 heteroatoms. The van der Waals surface area contributed by atoms with Crippen molar-refractivity contribution in [3.63, 3.8) is 0 Å². The van der Waals surface area contributed by atoms with Gasteiger partial charge in [-0.3, -0.25) is 4.79 Å². The van der Waals surface area contributed by atoms with Gasteiger partial charge in [0, 0.05) is 19.1 Å². The highest BCUT2D eigenvalue weighted by Gasteiger charge is 2.16. The fraction of sp³-hybridized carbons (Fsp3) is 0.600. The molecule has 1 rings (SSSR count). The van der Waals surface area contributed by atoms with Crippen molar-refractivity contribution in [1.82, 2.24) is 15.5 Å². The van der Waals surface area contributed by atoms with Crippen molar-refractivity contribution in [2.45, 2.75) is 46.7 Å². The number of likely N-dealkylation sites (N-methyl/N-ethyl adjacent to an activating group) is 1. The third kappa shape index (κ3) is 8.19. The van der Waals surface area contributed by atoms with Crippen molar-refractivity contribution in [2.75, 3.05) is 33.9 Å². The van der Waals surface area contributed by atoms with Crippen LogP contribution in [0.2, 0.25) is 0 Å². The van der Waals surface area contributed by atoms with Crippen molar-refractivity contribution in [1.29, 1.82) is 0 Å². The van der Waals surface area contributed by atoms with Crippen LogP contribution in [0.4, 0.5) is 0 Å². The average molecular weight is 379 g/mol. The number of nitrogens with one attached hydrogen (secondary N) is 2. The number of nitrogens with zero attached hydrogens (tertiary/aromatic N) is 2. The van der Waals surface area contributed by atoms with Gasteiger partial charge in [0.25, 0.3) is 0 Å². The van der Waals surface area contributed by atoms with Gasteiger partial charge in [0.2, 0.25) is 5.91 Å². The van der Waals surface area contributed by atoms with Crippen molar-refractivity contribution < 1.29 is 14.3 Å². The maximum Gasteiger partial charge on any atom is 0.240 e. The lowest BCUT2D eigenvalue weighted by Gasteiger charge is -2.25. The summed E-state index contributed by atoms with van der Waals surface area (Å²) in [6.07, 6.45) is 0. The lowest BCUT2D eigenvalue weighted by Crippen LogP contribution is -2.48. The van der Waals surface area contributed by atoms with Gasteiger partial charge in [-0.25, -0.2) is 4.99 Å². The molecule has 0 heterocycles. The smallest absolute Gasteiger partial charge is 0.240 e. The molecule has 0 saturated carbocycles. The molecular weight excluding hydrogens is 344 g/mol. The Labute approximate surface area is 163 Å². The van der Waals surface area contributed by atoms with Gasteiger partial charge in [-0.15, -0.1) is 0 Å². The first-order chi connectivity index (χ1) is 12.7. The Morgan fingerprint density at radius 1 is 1.22 bits per heavy atom. The molecule has 1 aromatic carbocycles. The number of aliphatic imine (C=N–C) groups is 1. The molecule has 0 aliphatic heterocycles. The molecule has 0 atom stereocenters. The van der Waals surface area contributed by atoms with Gasteiger partial charge in [-0.05, 0) is 52.3 Å². The topological polar surface area (TPSA) is 75.2 Å². The van der Waals surface area contributed by atoms with Crippen LogP contribution in [0.1, 0.15) is 40.2 Å². The maximum absolute atomic E-state index is 12.2. The number of carbonyl (C=O) groups excluding carboxylic acids is 1. The lowest BCUT2D eigenvalue weighted by molar-refractivity contribution is -0.122. The van der Waals surface area contributed by atoms with E-state index in [1.807, 2.05) is 64.8 Å². The number of benzene rings is 1. The van der Waals surface area contributed by atoms with E-state index < -0.39 is 0 Å². The second-order valence-corrected chi connectivity index (χ2v) is 7.24. The van der Waals surface area contributed by atoms with Crippen LogP contribution in [-0.4, -0.2) is 56.2 Å². The van der Waals surface area contributed by atoms with E-state index in [-0.39, 0.29) is 18.0 Å². The maximum atomic E-state index is 12.2. The first-order valence-corrected chi connectivity index (χ1v) is 9.30. The van der Waals surface area contributed by atoms with Crippen LogP contribution < -0.4 is 20.1 Å². The van der Waals surface area contributed by atoms with Gasteiger partial charge in [0.15, 0.2) is 17.5 Å². The Balaban J connectivity index is 2.86. The predicted molar refractivity (Wildman–Crippen MR) is 110 cm³/mol. The number of methoxy groups -OCH3 is 1. The van der Waals surface area contributed by atoms with Crippen LogP contribution in [0, 0.1) is 0 Å². The quantitative estimate of drug-likeness (QED) is 0.537. The molecule has 0 aliphatic rings. The number of guanidine groups is 1. The summed E-state index contributed by atoms with van der Waals surface area (Å²) in [5, 5.41) is 6.18. The minimum absolute atomic E-state index is 0.0429. The Hall–Kier alpha value is -2.44. The molecule has 0 radical (unpaired) electrons. The van der Waals surface area contributed by atoms with E-state index in [4.69, 9.17) is 9.47 Å². The average Bonchev–Trinajstić information content (AvgIpc) is 2.57. The largest absolute Gasteiger partial charge is 0.493 e. The summed E-state index contributed by atoms with van der Waals surface area (Å²) in [6.45, 7) is 11.8. The summed E-state index contributed by atoms with van der Waals surface area (Å²) in [5.41, 5.74) is 0.744. The standard InChI is InChI=1S/C20H34N4O3/c1-8-21-19(24(6)14-18(25)23-20(3,4)5)22-13-15-10-11-16(26-7)17(12-15)27-9-2/h10-12H,8-9,13-14H2,1-7H3,(H,21,22)(H,23,25). The molecular formula is C20H34N4O3. The summed E-state index contributed by atoms with van der Waals surface area (Å²) in [7, 11) is 3.47. The van der Waals surface area contributed by atoms with Crippen LogP contribution in [0.15, 0.2) is 23.2 Å². The van der Waals surface area contributed by atoms with E-state index in [1.54, 1.807) is 7.11 Å². The number of carbonyl (C=O) groups is 1. The third-order valence-electron chi connectivity index (χ3n) is 3.53. The molecule has 0 spiro atoms. The minimum atomic E-state index is -0.258. The molecule has 27 heavy (non-hydrogen) atoms. The SMILES string of the molecule is CCNC(=NCc1ccc(OC)c(OCC)c1)N(C)CC(=O)NC(C)(C)C. The summed E-state index contributed by atoms with van der Waals surface area (Å²) in [4.78, 5) is 18.6. The highest BCUT2D eigenvalue weighted by Crippen LogP contribution is 2.28. The van der Waals surface area contributed by atoms with Crippen molar-refractivity contribution in [3.8, 4) is 11.5 Å². The number of rotatable bonds is 8. The molecule has 7 nitrogen and oxygen atoms in total. The monoisotopic (exact) mass is 378 g/mol. The molecule has 0 fully saturated rings. The van der Waals surface area contributed by atoms with Gasteiger partial charge < -0.3 is 25.0 Å². The minimum Gasteiger partial charge on any atom is -0.493 e. The zero-order valence-corrected chi connectivity index (χ0v) is 17.7. The Morgan fingerprint density at radius 2 is 1.93 bits per heavy atom. The number of hydrogen-bond donors (Lipinski definition) is 2. The second kappa shape index (κ2) is 10.6. The second-order valence-electron chi connectivity index (χ2n) is 7.24. The molecule has 152 valence electrons. The van der Waals surface area contributed by atoms with Crippen molar-refractivity contribution in [3.05, 3.63) is 23.8 Å². The molecule has 1 amide bonds. The summed E-state index contributed by atoms with van der Waals surface area (Å²) in [6, 6.07) is 5.77. The van der Waals surface area contributed by atoms with Crippen LogP contribution in [0.25, 0.3) is 0 Å². The molecule has 0 saturated heterocycles. The fourth-order valence-electron chi connectivity index (χ4n) is 2.47. The Bertz CT molecular complexity index is 639. The first kappa shape index (κ1) is 22.6. The lowest BCUT2D eigenvalue weighted by atomic mass is 10.1. The van der Waals surface area contributed by atoms with Crippen LogP contribution in [-0.2, 0) is 11.3 Å². The van der Waals surface area contributed by atoms with Gasteiger partial charge >= 0.3 is 0 Å². The zero-order chi connectivity index (χ0) is 20.4. The number of hydrogen-bond acceptors (Lipinski definition) is 4. The Morgan fingerprint density at radius 3 is 2.48 bits per heavy atom. The molecule has 1 aromatic rings. The highest BCUT2D eigenvalue weighted by atomic mass is 16.5. The molecule has 0 aromatic heterocycles. The van der Waals surface area contributed by atoms with Gasteiger partial charge in [0.05, 0.1) is 26.8 Å². The van der Waals surface area contributed by atoms with E-state index in [0.717, 1.165) is 12.1 Å². The van der Waals surface area contributed by atoms with Crippen molar-refractivity contribution in [2.24, 2.45) is 4.99 Å². The van der Waals surface area contributed by atoms with E-state index >= 15 is 0 Å². The van der Waals surface area contributed by atoms with E-state index in [2.05, 4.69) is 15.6 Å². The molecule has 0 aliphatic carbocycles. The molecule has 0 unspecified atom stereocenters. The van der Waals surface area contributed by atoms with E-state index in [1.165, 1.54) is 0 Å². The first-order valence-electron chi connectivity index (χ1n) is 9.30. The van der Waals surface area contributed by atoms with Gasteiger partial charge in [-0.1, -0.05) is 6.07 Å². The van der Waals surface area contributed by atoms with Crippen LogP contribution in [0.3, 0.4) is 0 Å². The number of amides is 1. The van der Waals surface area contributed by atoms with Crippen LogP contribution >= 0.6 is 0 Å². The van der Waals surface area contributed by atoms with Gasteiger partial charge in [0.1, 0.15) is 0 Å². The predicted octanol–water partition coefficient (Wildman–Crippen LogP) is 2.41. The number of ether oxygens (including phenoxy) is 2. The molecule has 0 bridgehead atoms. The molecule has 2 N–H and O–H groups in total. The van der Waals surface area contributed by atoms with Crippen molar-refractivity contribution >= 4 is 11.9 Å². The summed E-state index contributed by atoms with van der Waals surface area (Å²) in [5.74, 6) is 2.04. The van der Waals surface area contributed by atoms with Crippen LogP contribution in [0.5, 0.6) is 11.5 Å². The van der Waals surface area contributed by atoms with Gasteiger partial charge in [-0.2, -0.15) is 0 Å². The van der Waals surface area contributed by atoms with E-state index in [9.17, 15) is 4.79 Å². The summed E-state index contributed by atoms with van der Waals surface area (Å²) >= 11 is 0. The van der Waals surface area contributed by atoms with E-state index in [0.29, 0.717) is 30.6 Å². The summed E-state index contributed by atoms with van der Waals surface area (Å²) < 4.78 is 10.9. The highest BCUT2D eigenvalue weighted by molar-refractivity contribution is 5.86.